The molecule has 1 heterocycles. The van der Waals surface area contributed by atoms with Gasteiger partial charge in [-0.15, -0.1) is 0 Å². The first-order valence-corrected chi connectivity index (χ1v) is 6.19. The van der Waals surface area contributed by atoms with Gasteiger partial charge in [0, 0.05) is 31.7 Å². The second kappa shape index (κ2) is 6.37. The van der Waals surface area contributed by atoms with Gasteiger partial charge in [0.1, 0.15) is 12.4 Å². The molecule has 1 aliphatic heterocycles. The first-order chi connectivity index (χ1) is 8.79. The fourth-order valence-corrected chi connectivity index (χ4v) is 1.99. The summed E-state index contributed by atoms with van der Waals surface area (Å²) >= 11 is 0. The van der Waals surface area contributed by atoms with Gasteiger partial charge in [-0.05, 0) is 6.07 Å². The molecule has 1 aromatic carbocycles. The van der Waals surface area contributed by atoms with Gasteiger partial charge in [-0.2, -0.15) is 0 Å². The van der Waals surface area contributed by atoms with Gasteiger partial charge in [-0.3, -0.25) is 9.69 Å². The number of amides is 1. The largest absolute Gasteiger partial charge is 0.492 e. The van der Waals surface area contributed by atoms with Crippen molar-refractivity contribution in [2.75, 3.05) is 32.8 Å². The van der Waals surface area contributed by atoms with E-state index in [0.29, 0.717) is 26.2 Å². The van der Waals surface area contributed by atoms with Crippen LogP contribution in [0.1, 0.15) is 5.56 Å². The summed E-state index contributed by atoms with van der Waals surface area (Å²) in [4.78, 5) is 13.7. The molecular formula is C13H19N3O2. The summed E-state index contributed by atoms with van der Waals surface area (Å²) in [5, 5.41) is 2.78. The number of hydrogen-bond donors (Lipinski definition) is 2. The number of ether oxygens (including phenoxy) is 1. The van der Waals surface area contributed by atoms with Gasteiger partial charge in [0.25, 0.3) is 0 Å². The van der Waals surface area contributed by atoms with Crippen LogP contribution in [-0.2, 0) is 11.3 Å². The highest BCUT2D eigenvalue weighted by atomic mass is 16.5. The summed E-state index contributed by atoms with van der Waals surface area (Å²) in [6.07, 6.45) is 0. The number of nitrogens with one attached hydrogen (secondary N) is 1. The summed E-state index contributed by atoms with van der Waals surface area (Å²) in [5.74, 6) is 0.933. The summed E-state index contributed by atoms with van der Waals surface area (Å²) < 4.78 is 5.65. The maximum atomic E-state index is 11.6. The molecule has 5 nitrogen and oxygen atoms in total. The van der Waals surface area contributed by atoms with Crippen LogP contribution in [-0.4, -0.2) is 43.6 Å². The van der Waals surface area contributed by atoms with Crippen LogP contribution in [0.2, 0.25) is 0 Å². The van der Waals surface area contributed by atoms with Crippen molar-refractivity contribution < 1.29 is 9.53 Å². The molecule has 2 rings (SSSR count). The van der Waals surface area contributed by atoms with E-state index in [0.717, 1.165) is 24.4 Å². The number of fused-ring (bicyclic) bond motifs is 1. The van der Waals surface area contributed by atoms with Crippen molar-refractivity contribution in [3.05, 3.63) is 29.8 Å². The number of carbonyl (C=O) groups is 1. The van der Waals surface area contributed by atoms with Crippen molar-refractivity contribution in [2.24, 2.45) is 5.73 Å². The molecule has 0 fully saturated rings. The van der Waals surface area contributed by atoms with Crippen LogP contribution < -0.4 is 15.8 Å². The van der Waals surface area contributed by atoms with Gasteiger partial charge in [0.2, 0.25) is 5.91 Å². The van der Waals surface area contributed by atoms with Crippen molar-refractivity contribution in [1.29, 1.82) is 0 Å². The van der Waals surface area contributed by atoms with E-state index in [1.54, 1.807) is 0 Å². The number of benzene rings is 1. The maximum absolute atomic E-state index is 11.6. The summed E-state index contributed by atoms with van der Waals surface area (Å²) in [5.41, 5.74) is 6.48. The minimum atomic E-state index is 0.0137. The molecule has 98 valence electrons. The average Bonchev–Trinajstić information content (AvgIpc) is 2.57. The minimum absolute atomic E-state index is 0.0137. The van der Waals surface area contributed by atoms with Crippen LogP contribution >= 0.6 is 0 Å². The lowest BCUT2D eigenvalue weighted by Crippen LogP contribution is -2.39. The zero-order valence-corrected chi connectivity index (χ0v) is 10.4. The molecule has 3 N–H and O–H groups in total. The van der Waals surface area contributed by atoms with Crippen molar-refractivity contribution in [2.45, 2.75) is 6.54 Å². The van der Waals surface area contributed by atoms with Crippen molar-refractivity contribution in [3.8, 4) is 5.75 Å². The van der Waals surface area contributed by atoms with Crippen LogP contribution in [0.15, 0.2) is 24.3 Å². The van der Waals surface area contributed by atoms with Crippen LogP contribution in [0.4, 0.5) is 0 Å². The molecule has 0 radical (unpaired) electrons. The summed E-state index contributed by atoms with van der Waals surface area (Å²) in [7, 11) is 0. The number of rotatable bonds is 4. The third-order valence-electron chi connectivity index (χ3n) is 2.87. The Bertz CT molecular complexity index is 409. The third kappa shape index (κ3) is 3.45. The van der Waals surface area contributed by atoms with Gasteiger partial charge in [-0.1, -0.05) is 18.2 Å². The molecule has 1 aromatic rings. The molecule has 0 aliphatic carbocycles. The molecule has 5 heteroatoms. The Hall–Kier alpha value is -1.59. The SMILES string of the molecule is NCCNC(=O)CN1CCOc2ccccc2C1. The first kappa shape index (κ1) is 12.9. The quantitative estimate of drug-likeness (QED) is 0.785. The minimum Gasteiger partial charge on any atom is -0.492 e. The van der Waals surface area contributed by atoms with Crippen LogP contribution in [0, 0.1) is 0 Å². The van der Waals surface area contributed by atoms with Crippen LogP contribution in [0.5, 0.6) is 5.75 Å². The van der Waals surface area contributed by atoms with E-state index in [4.69, 9.17) is 10.5 Å². The highest BCUT2D eigenvalue weighted by Gasteiger charge is 2.16. The Balaban J connectivity index is 1.93. The Morgan fingerprint density at radius 1 is 1.44 bits per heavy atom. The zero-order chi connectivity index (χ0) is 12.8. The Labute approximate surface area is 107 Å². The Morgan fingerprint density at radius 3 is 3.11 bits per heavy atom. The molecule has 1 amide bonds. The first-order valence-electron chi connectivity index (χ1n) is 6.19. The second-order valence-electron chi connectivity index (χ2n) is 4.31. The van der Waals surface area contributed by atoms with Gasteiger partial charge in [0.05, 0.1) is 6.54 Å². The molecule has 0 atom stereocenters. The number of hydrogen-bond acceptors (Lipinski definition) is 4. The standard InChI is InChI=1S/C13H19N3O2/c14-5-6-15-13(17)10-16-7-8-18-12-4-2-1-3-11(12)9-16/h1-4H,5-10,14H2,(H,15,17). The van der Waals surface area contributed by atoms with Crippen molar-refractivity contribution in [3.63, 3.8) is 0 Å². The van der Waals surface area contributed by atoms with E-state index in [1.807, 2.05) is 24.3 Å². The molecular weight excluding hydrogens is 230 g/mol. The second-order valence-corrected chi connectivity index (χ2v) is 4.31. The average molecular weight is 249 g/mol. The molecule has 18 heavy (non-hydrogen) atoms. The number of para-hydroxylation sites is 1. The van der Waals surface area contributed by atoms with Crippen LogP contribution in [0.3, 0.4) is 0 Å². The third-order valence-corrected chi connectivity index (χ3v) is 2.87. The van der Waals surface area contributed by atoms with Crippen molar-refractivity contribution in [1.82, 2.24) is 10.2 Å². The lowest BCUT2D eigenvalue weighted by Gasteiger charge is -2.18. The molecule has 0 saturated heterocycles. The Kier molecular flexibility index (Phi) is 4.55. The lowest BCUT2D eigenvalue weighted by molar-refractivity contribution is -0.122. The van der Waals surface area contributed by atoms with E-state index < -0.39 is 0 Å². The summed E-state index contributed by atoms with van der Waals surface area (Å²) in [6, 6.07) is 7.95. The predicted molar refractivity (Wildman–Crippen MR) is 69.3 cm³/mol. The van der Waals surface area contributed by atoms with Gasteiger partial charge >= 0.3 is 0 Å². The Morgan fingerprint density at radius 2 is 2.28 bits per heavy atom. The molecule has 0 saturated carbocycles. The highest BCUT2D eigenvalue weighted by Crippen LogP contribution is 2.21. The molecule has 1 aliphatic rings. The molecule has 0 spiro atoms. The number of nitrogens with two attached hydrogens (primary N) is 1. The van der Waals surface area contributed by atoms with Gasteiger partial charge < -0.3 is 15.8 Å². The summed E-state index contributed by atoms with van der Waals surface area (Å²) in [6.45, 7) is 3.49. The number of carbonyl (C=O) groups excluding carboxylic acids is 1. The van der Waals surface area contributed by atoms with Crippen LogP contribution in [0.25, 0.3) is 0 Å². The van der Waals surface area contributed by atoms with E-state index in [2.05, 4.69) is 10.2 Å². The molecule has 0 unspecified atom stereocenters. The topological polar surface area (TPSA) is 67.6 Å². The fraction of sp³-hybridized carbons (Fsp3) is 0.462. The van der Waals surface area contributed by atoms with E-state index in [9.17, 15) is 4.79 Å². The fourth-order valence-electron chi connectivity index (χ4n) is 1.99. The maximum Gasteiger partial charge on any atom is 0.234 e. The molecule has 0 bridgehead atoms. The highest BCUT2D eigenvalue weighted by molar-refractivity contribution is 5.78. The van der Waals surface area contributed by atoms with E-state index in [1.165, 1.54) is 0 Å². The van der Waals surface area contributed by atoms with Crippen molar-refractivity contribution >= 4 is 5.91 Å². The van der Waals surface area contributed by atoms with Gasteiger partial charge in [0.15, 0.2) is 0 Å². The predicted octanol–water partition coefficient (Wildman–Crippen LogP) is -0.0441. The molecule has 0 aromatic heterocycles. The monoisotopic (exact) mass is 249 g/mol. The smallest absolute Gasteiger partial charge is 0.234 e. The van der Waals surface area contributed by atoms with E-state index >= 15 is 0 Å². The normalized spacial score (nSPS) is 15.4. The van der Waals surface area contributed by atoms with E-state index in [-0.39, 0.29) is 5.91 Å². The van der Waals surface area contributed by atoms with Gasteiger partial charge in [-0.25, -0.2) is 0 Å². The number of nitrogens with zero attached hydrogens (tertiary/aromatic N) is 1. The lowest BCUT2D eigenvalue weighted by atomic mass is 10.2. The zero-order valence-electron chi connectivity index (χ0n) is 10.4.